The number of anilines is 2. The number of rotatable bonds is 6. The Morgan fingerprint density at radius 2 is 1.80 bits per heavy atom. The summed E-state index contributed by atoms with van der Waals surface area (Å²) in [6.45, 7) is 2.02. The van der Waals surface area contributed by atoms with Crippen LogP contribution in [0, 0.1) is 11.6 Å². The lowest BCUT2D eigenvalue weighted by molar-refractivity contribution is -0.137. The third-order valence-electron chi connectivity index (χ3n) is 6.20. The minimum atomic E-state index is -3.94. The van der Waals surface area contributed by atoms with Crippen molar-refractivity contribution in [2.45, 2.75) is 55.5 Å². The maximum atomic E-state index is 14.5. The first-order valence-electron chi connectivity index (χ1n) is 11.1. The second-order valence-electron chi connectivity index (χ2n) is 8.91. The van der Waals surface area contributed by atoms with Crippen LogP contribution in [-0.4, -0.2) is 67.3 Å². The Morgan fingerprint density at radius 3 is 2.40 bits per heavy atom. The molecule has 0 bridgehead atoms. The molecule has 9 nitrogen and oxygen atoms in total. The highest BCUT2D eigenvalue weighted by molar-refractivity contribution is 7.90. The van der Waals surface area contributed by atoms with Crippen molar-refractivity contribution >= 4 is 27.4 Å². The predicted molar refractivity (Wildman–Crippen MR) is 117 cm³/mol. The van der Waals surface area contributed by atoms with Crippen LogP contribution >= 0.6 is 0 Å². The molecular formula is C21H25F4N5O4S. The molecule has 1 N–H and O–H groups in total. The van der Waals surface area contributed by atoms with Crippen LogP contribution in [-0.2, 0) is 20.6 Å². The Morgan fingerprint density at radius 1 is 1.11 bits per heavy atom. The average Bonchev–Trinajstić information content (AvgIpc) is 3.28. The summed E-state index contributed by atoms with van der Waals surface area (Å²) in [5, 5.41) is 6.34. The number of halogens is 4. The number of amides is 1. The normalized spacial score (nSPS) is 20.4. The van der Waals surface area contributed by atoms with Crippen molar-refractivity contribution in [1.82, 2.24) is 15.0 Å². The number of carbonyl (C=O) groups excluding carboxylic acids is 1. The zero-order chi connectivity index (χ0) is 25.5. The number of carbonyl (C=O) groups is 1. The van der Waals surface area contributed by atoms with Gasteiger partial charge >= 0.3 is 5.92 Å². The Labute approximate surface area is 199 Å². The van der Waals surface area contributed by atoms with Crippen LogP contribution in [0.25, 0.3) is 0 Å². The molecule has 0 radical (unpaired) electrons. The van der Waals surface area contributed by atoms with E-state index >= 15 is 0 Å². The van der Waals surface area contributed by atoms with Crippen molar-refractivity contribution in [2.24, 2.45) is 0 Å². The summed E-state index contributed by atoms with van der Waals surface area (Å²) in [6, 6.07) is 0.420. The van der Waals surface area contributed by atoms with Crippen LogP contribution in [0.4, 0.5) is 29.2 Å². The van der Waals surface area contributed by atoms with Gasteiger partial charge in [0, 0.05) is 44.9 Å². The van der Waals surface area contributed by atoms with Crippen molar-refractivity contribution in [2.75, 3.05) is 36.1 Å². The lowest BCUT2D eigenvalue weighted by atomic mass is 9.97. The highest BCUT2D eigenvalue weighted by Crippen LogP contribution is 2.30. The molecule has 0 aliphatic carbocycles. The lowest BCUT2D eigenvalue weighted by Gasteiger charge is -2.42. The highest BCUT2D eigenvalue weighted by atomic mass is 32.2. The molecular weight excluding hydrogens is 494 g/mol. The largest absolute Gasteiger partial charge is 0.371 e. The van der Waals surface area contributed by atoms with Crippen LogP contribution in [0.5, 0.6) is 0 Å². The van der Waals surface area contributed by atoms with E-state index in [4.69, 9.17) is 0 Å². The van der Waals surface area contributed by atoms with Crippen molar-refractivity contribution in [3.63, 3.8) is 0 Å². The van der Waals surface area contributed by atoms with Crippen molar-refractivity contribution < 1.29 is 35.3 Å². The first-order chi connectivity index (χ1) is 16.3. The van der Waals surface area contributed by atoms with E-state index in [1.54, 1.807) is 9.80 Å². The van der Waals surface area contributed by atoms with Crippen LogP contribution < -0.4 is 10.2 Å². The highest BCUT2D eigenvalue weighted by Gasteiger charge is 2.37. The Kier molecular flexibility index (Phi) is 6.68. The minimum Gasteiger partial charge on any atom is -0.371 e. The Balaban J connectivity index is 1.40. The summed E-state index contributed by atoms with van der Waals surface area (Å²) in [4.78, 5) is 19.5. The van der Waals surface area contributed by atoms with E-state index in [1.165, 1.54) is 0 Å². The lowest BCUT2D eigenvalue weighted by Crippen LogP contribution is -2.54. The smallest absolute Gasteiger partial charge is 0.322 e. The topological polar surface area (TPSA) is 109 Å². The molecule has 2 aliphatic rings. The van der Waals surface area contributed by atoms with Gasteiger partial charge in [0.2, 0.25) is 5.91 Å². The van der Waals surface area contributed by atoms with E-state index in [2.05, 4.69) is 20.0 Å². The monoisotopic (exact) mass is 519 g/mol. The van der Waals surface area contributed by atoms with Gasteiger partial charge in [0.25, 0.3) is 11.8 Å². The van der Waals surface area contributed by atoms with Crippen LogP contribution in [0.2, 0.25) is 0 Å². The number of likely N-dealkylation sites (tertiary alicyclic amines) is 1. The zero-order valence-electron chi connectivity index (χ0n) is 19.1. The van der Waals surface area contributed by atoms with E-state index in [9.17, 15) is 30.8 Å². The summed E-state index contributed by atoms with van der Waals surface area (Å²) in [7, 11) is -3.94. The van der Waals surface area contributed by atoms with Gasteiger partial charge in [0.15, 0.2) is 9.84 Å². The average molecular weight is 520 g/mol. The number of nitrogens with one attached hydrogen (secondary N) is 1. The number of piperidine rings is 2. The molecule has 0 unspecified atom stereocenters. The molecule has 2 fully saturated rings. The van der Waals surface area contributed by atoms with Gasteiger partial charge in [-0.2, -0.15) is 13.8 Å². The molecule has 2 aromatic rings. The molecule has 1 aromatic carbocycles. The third-order valence-corrected chi connectivity index (χ3v) is 7.31. The molecule has 1 amide bonds. The van der Waals surface area contributed by atoms with Crippen molar-refractivity contribution in [1.29, 1.82) is 0 Å². The fraction of sp³-hybridized carbons (Fsp3) is 0.571. The van der Waals surface area contributed by atoms with Gasteiger partial charge in [-0.25, -0.2) is 17.2 Å². The molecule has 4 rings (SSSR count). The summed E-state index contributed by atoms with van der Waals surface area (Å²) < 4.78 is 83.3. The molecule has 192 valence electrons. The molecule has 14 heteroatoms. The number of hydrogen-bond donors (Lipinski definition) is 1. The van der Waals surface area contributed by atoms with E-state index < -0.39 is 44.2 Å². The number of aromatic nitrogens is 2. The number of alkyl halides is 2. The second kappa shape index (κ2) is 9.28. The van der Waals surface area contributed by atoms with Gasteiger partial charge in [0.1, 0.15) is 22.6 Å². The maximum absolute atomic E-state index is 14.5. The molecule has 2 saturated heterocycles. The number of hydrogen-bond acceptors (Lipinski definition) is 8. The maximum Gasteiger partial charge on any atom is 0.322 e. The number of nitrogens with zero attached hydrogens (tertiary/aromatic N) is 4. The number of benzene rings is 1. The molecule has 3 heterocycles. The van der Waals surface area contributed by atoms with Crippen LogP contribution in [0.3, 0.4) is 0 Å². The predicted octanol–water partition coefficient (Wildman–Crippen LogP) is 2.93. The van der Waals surface area contributed by atoms with E-state index in [0.29, 0.717) is 58.3 Å². The Hall–Kier alpha value is -2.90. The van der Waals surface area contributed by atoms with Gasteiger partial charge in [-0.05, 0) is 36.9 Å². The van der Waals surface area contributed by atoms with E-state index in [0.717, 1.165) is 12.3 Å². The SMILES string of the molecule is CC(F)(F)c1nc(N2CCC(N3CCC[C@H](Nc4cc(F)c(S(C)(=O)=O)cc4F)C3=O)CC2)no1. The van der Waals surface area contributed by atoms with Crippen LogP contribution in [0.15, 0.2) is 21.6 Å². The summed E-state index contributed by atoms with van der Waals surface area (Å²) >= 11 is 0. The Bertz CT molecular complexity index is 1210. The molecule has 35 heavy (non-hydrogen) atoms. The van der Waals surface area contributed by atoms with Gasteiger partial charge in [0.05, 0.1) is 5.69 Å². The summed E-state index contributed by atoms with van der Waals surface area (Å²) in [5.74, 6) is -6.27. The van der Waals surface area contributed by atoms with Crippen molar-refractivity contribution in [3.05, 3.63) is 29.7 Å². The van der Waals surface area contributed by atoms with Crippen LogP contribution in [0.1, 0.15) is 38.5 Å². The van der Waals surface area contributed by atoms with Crippen molar-refractivity contribution in [3.8, 4) is 0 Å². The van der Waals surface area contributed by atoms with Gasteiger partial charge in [-0.3, -0.25) is 4.79 Å². The quantitative estimate of drug-likeness (QED) is 0.581. The molecule has 2 aliphatic heterocycles. The number of sulfone groups is 1. The minimum absolute atomic E-state index is 0.0690. The standard InChI is InChI=1S/C21H25F4N5O4S/c1-21(24,25)19-27-20(28-34-19)29-8-5-12(6-9-29)30-7-3-4-15(18(30)31)26-16-10-14(23)17(11-13(16)22)35(2,32)33/h10-12,15,26H,3-9H2,1-2H3/t15-/m0/s1. The molecule has 0 spiro atoms. The van der Waals surface area contributed by atoms with Gasteiger partial charge in [-0.1, -0.05) is 0 Å². The second-order valence-corrected chi connectivity index (χ2v) is 10.9. The summed E-state index contributed by atoms with van der Waals surface area (Å²) in [5.41, 5.74) is -0.287. The molecule has 1 atom stereocenters. The first kappa shape index (κ1) is 25.2. The van der Waals surface area contributed by atoms with E-state index in [1.807, 2.05) is 0 Å². The zero-order valence-corrected chi connectivity index (χ0v) is 19.9. The third kappa shape index (κ3) is 5.36. The fourth-order valence-electron chi connectivity index (χ4n) is 4.41. The van der Waals surface area contributed by atoms with Gasteiger partial charge in [-0.15, -0.1) is 0 Å². The van der Waals surface area contributed by atoms with Gasteiger partial charge < -0.3 is 19.6 Å². The summed E-state index contributed by atoms with van der Waals surface area (Å²) in [6.07, 6.45) is 2.89. The molecule has 0 saturated carbocycles. The fourth-order valence-corrected chi connectivity index (χ4v) is 5.14. The molecule has 1 aromatic heterocycles. The van der Waals surface area contributed by atoms with E-state index in [-0.39, 0.29) is 23.6 Å². The first-order valence-corrected chi connectivity index (χ1v) is 13.0.